The Morgan fingerprint density at radius 1 is 1.18 bits per heavy atom. The first-order valence-electron chi connectivity index (χ1n) is 10.2. The number of primary amides is 1. The van der Waals surface area contributed by atoms with Crippen LogP contribution in [0.25, 0.3) is 11.1 Å². The number of hydrogen-bond acceptors (Lipinski definition) is 3. The number of amides is 1. The van der Waals surface area contributed by atoms with Gasteiger partial charge in [-0.3, -0.25) is 4.79 Å². The first kappa shape index (κ1) is 22.0. The molecule has 1 aromatic heterocycles. The minimum absolute atomic E-state index is 0.374. The molecule has 154 valence electrons. The van der Waals surface area contributed by atoms with Crippen molar-refractivity contribution in [2.24, 2.45) is 5.73 Å². The Morgan fingerprint density at radius 3 is 2.50 bits per heavy atom. The van der Waals surface area contributed by atoms with E-state index in [1.807, 2.05) is 31.2 Å². The monoisotopic (exact) mass is 385 g/mol. The van der Waals surface area contributed by atoms with Crippen LogP contribution in [0.4, 0.5) is 0 Å². The number of nitrogens with zero attached hydrogens (tertiary/aromatic N) is 2. The Hall–Kier alpha value is -2.27. The largest absolute Gasteiger partial charge is 0.496 e. The van der Waals surface area contributed by atoms with Gasteiger partial charge in [-0.05, 0) is 52.9 Å². The van der Waals surface area contributed by atoms with Crippen LogP contribution >= 0.6 is 0 Å². The number of nitrogens with two attached hydrogens (primary N) is 1. The van der Waals surface area contributed by atoms with Crippen molar-refractivity contribution in [2.75, 3.05) is 27.7 Å². The van der Waals surface area contributed by atoms with Crippen LogP contribution in [-0.2, 0) is 13.0 Å². The van der Waals surface area contributed by atoms with E-state index in [1.165, 1.54) is 12.1 Å². The van der Waals surface area contributed by atoms with Gasteiger partial charge in [0.05, 0.1) is 12.7 Å². The standard InChI is InChI=1S/C23H35N3O2/c1-6-7-8-13-19-22(18-12-9-10-14-20(18)28-5)21(23(24)27)17(2)26(19)16-11-15-25(3)4/h9-10,12,14H,6-8,11,13,15-16H2,1-5H3,(H2,24,27). The van der Waals surface area contributed by atoms with E-state index >= 15 is 0 Å². The van der Waals surface area contributed by atoms with Gasteiger partial charge < -0.3 is 19.9 Å². The van der Waals surface area contributed by atoms with Gasteiger partial charge >= 0.3 is 0 Å². The third-order valence-electron chi connectivity index (χ3n) is 5.26. The predicted molar refractivity (Wildman–Crippen MR) is 116 cm³/mol. The minimum Gasteiger partial charge on any atom is -0.496 e. The summed E-state index contributed by atoms with van der Waals surface area (Å²) in [7, 11) is 5.83. The number of unbranched alkanes of at least 4 members (excludes halogenated alkanes) is 2. The van der Waals surface area contributed by atoms with Crippen LogP contribution in [0.3, 0.4) is 0 Å². The van der Waals surface area contributed by atoms with Gasteiger partial charge in [0.2, 0.25) is 0 Å². The van der Waals surface area contributed by atoms with Crippen LogP contribution in [-0.4, -0.2) is 43.1 Å². The number of rotatable bonds is 11. The van der Waals surface area contributed by atoms with Crippen LogP contribution in [0.15, 0.2) is 24.3 Å². The number of carbonyl (C=O) groups excluding carboxylic acids is 1. The van der Waals surface area contributed by atoms with Crippen molar-refractivity contribution in [1.82, 2.24) is 9.47 Å². The average molecular weight is 386 g/mol. The summed E-state index contributed by atoms with van der Waals surface area (Å²) < 4.78 is 7.92. The van der Waals surface area contributed by atoms with Gasteiger partial charge in [-0.15, -0.1) is 0 Å². The summed E-state index contributed by atoms with van der Waals surface area (Å²) in [6, 6.07) is 7.89. The normalized spacial score (nSPS) is 11.2. The Morgan fingerprint density at radius 2 is 1.89 bits per heavy atom. The molecule has 1 heterocycles. The summed E-state index contributed by atoms with van der Waals surface area (Å²) in [4.78, 5) is 14.6. The number of ether oxygens (including phenoxy) is 1. The molecule has 0 aliphatic heterocycles. The molecule has 0 radical (unpaired) electrons. The van der Waals surface area contributed by atoms with Crippen molar-refractivity contribution in [3.8, 4) is 16.9 Å². The maximum atomic E-state index is 12.5. The van der Waals surface area contributed by atoms with Crippen LogP contribution < -0.4 is 10.5 Å². The molecule has 0 aliphatic carbocycles. The van der Waals surface area contributed by atoms with Crippen LogP contribution in [0.5, 0.6) is 5.75 Å². The lowest BCUT2D eigenvalue weighted by molar-refractivity contribution is 0.1000. The average Bonchev–Trinajstić information content (AvgIpc) is 2.93. The Bertz CT molecular complexity index is 793. The van der Waals surface area contributed by atoms with E-state index < -0.39 is 0 Å². The zero-order chi connectivity index (χ0) is 20.7. The van der Waals surface area contributed by atoms with Gasteiger partial charge in [0.1, 0.15) is 5.75 Å². The third-order valence-corrected chi connectivity index (χ3v) is 5.26. The molecule has 0 aliphatic rings. The highest BCUT2D eigenvalue weighted by Gasteiger charge is 2.26. The van der Waals surface area contributed by atoms with Crippen LogP contribution in [0.2, 0.25) is 0 Å². The molecule has 0 bridgehead atoms. The van der Waals surface area contributed by atoms with Gasteiger partial charge in [0.25, 0.3) is 5.91 Å². The van der Waals surface area contributed by atoms with E-state index in [0.29, 0.717) is 5.56 Å². The number of aromatic nitrogens is 1. The maximum Gasteiger partial charge on any atom is 0.251 e. The highest BCUT2D eigenvalue weighted by Crippen LogP contribution is 2.38. The Labute approximate surface area is 169 Å². The highest BCUT2D eigenvalue weighted by molar-refractivity contribution is 6.03. The minimum atomic E-state index is -0.374. The second-order valence-electron chi connectivity index (χ2n) is 7.61. The number of hydrogen-bond donors (Lipinski definition) is 1. The molecule has 0 spiro atoms. The summed E-state index contributed by atoms with van der Waals surface area (Å²) in [5, 5.41) is 0. The SMILES string of the molecule is CCCCCc1c(-c2ccccc2OC)c(C(N)=O)c(C)n1CCCN(C)C. The predicted octanol–water partition coefficient (Wildman–Crippen LogP) is 4.26. The van der Waals surface area contributed by atoms with Crippen LogP contribution in [0, 0.1) is 6.92 Å². The van der Waals surface area contributed by atoms with Crippen molar-refractivity contribution in [2.45, 2.75) is 52.5 Å². The molecule has 28 heavy (non-hydrogen) atoms. The van der Waals surface area contributed by atoms with Crippen molar-refractivity contribution >= 4 is 5.91 Å². The highest BCUT2D eigenvalue weighted by atomic mass is 16.5. The summed E-state index contributed by atoms with van der Waals surface area (Å²) in [6.45, 7) is 6.10. The van der Waals surface area contributed by atoms with Gasteiger partial charge in [-0.1, -0.05) is 38.0 Å². The molecule has 0 atom stereocenters. The fourth-order valence-electron chi connectivity index (χ4n) is 3.89. The fourth-order valence-corrected chi connectivity index (χ4v) is 3.89. The fraction of sp³-hybridized carbons (Fsp3) is 0.522. The smallest absolute Gasteiger partial charge is 0.251 e. The molecule has 5 nitrogen and oxygen atoms in total. The molecule has 5 heteroatoms. The second kappa shape index (κ2) is 10.3. The van der Waals surface area contributed by atoms with E-state index in [-0.39, 0.29) is 5.91 Å². The van der Waals surface area contributed by atoms with E-state index in [2.05, 4.69) is 30.5 Å². The Balaban J connectivity index is 2.63. The molecule has 2 aromatic rings. The number of benzene rings is 1. The van der Waals surface area contributed by atoms with Gasteiger partial charge in [-0.25, -0.2) is 0 Å². The van der Waals surface area contributed by atoms with Crippen molar-refractivity contribution in [3.05, 3.63) is 41.2 Å². The van der Waals surface area contributed by atoms with Gasteiger partial charge in [0.15, 0.2) is 0 Å². The molecule has 1 amide bonds. The molecule has 0 unspecified atom stereocenters. The first-order valence-corrected chi connectivity index (χ1v) is 10.2. The van der Waals surface area contributed by atoms with Gasteiger partial charge in [0, 0.05) is 29.1 Å². The van der Waals surface area contributed by atoms with E-state index in [0.717, 1.165) is 61.3 Å². The van der Waals surface area contributed by atoms with E-state index in [4.69, 9.17) is 10.5 Å². The lowest BCUT2D eigenvalue weighted by Crippen LogP contribution is -2.17. The van der Waals surface area contributed by atoms with Gasteiger partial charge in [-0.2, -0.15) is 0 Å². The van der Waals surface area contributed by atoms with Crippen molar-refractivity contribution in [1.29, 1.82) is 0 Å². The lowest BCUT2D eigenvalue weighted by Gasteiger charge is -2.16. The summed E-state index contributed by atoms with van der Waals surface area (Å²) >= 11 is 0. The van der Waals surface area contributed by atoms with E-state index in [9.17, 15) is 4.79 Å². The molecule has 0 fully saturated rings. The Kier molecular flexibility index (Phi) is 8.12. The van der Waals surface area contributed by atoms with Crippen molar-refractivity contribution in [3.63, 3.8) is 0 Å². The zero-order valence-electron chi connectivity index (χ0n) is 18.0. The van der Waals surface area contributed by atoms with Crippen molar-refractivity contribution < 1.29 is 9.53 Å². The molecule has 0 saturated carbocycles. The summed E-state index contributed by atoms with van der Waals surface area (Å²) in [5.41, 5.74) is 10.5. The maximum absolute atomic E-state index is 12.5. The first-order chi connectivity index (χ1) is 13.4. The lowest BCUT2D eigenvalue weighted by atomic mass is 9.96. The van der Waals surface area contributed by atoms with E-state index in [1.54, 1.807) is 7.11 Å². The molecular formula is C23H35N3O2. The third kappa shape index (κ3) is 4.96. The second-order valence-corrected chi connectivity index (χ2v) is 7.61. The summed E-state index contributed by atoms with van der Waals surface area (Å²) in [5.74, 6) is 0.397. The number of carbonyl (C=O) groups is 1. The molecule has 1 aromatic carbocycles. The topological polar surface area (TPSA) is 60.5 Å². The quantitative estimate of drug-likeness (QED) is 0.588. The number of para-hydroxylation sites is 1. The molecule has 0 saturated heterocycles. The summed E-state index contributed by atoms with van der Waals surface area (Å²) in [6.07, 6.45) is 5.37. The molecule has 2 rings (SSSR count). The molecule has 2 N–H and O–H groups in total. The molecular weight excluding hydrogens is 350 g/mol. The number of methoxy groups -OCH3 is 1. The zero-order valence-corrected chi connectivity index (χ0v) is 18.0. The van der Waals surface area contributed by atoms with Crippen LogP contribution in [0.1, 0.15) is 54.4 Å².